The molecule has 23 heteroatoms. The van der Waals surface area contributed by atoms with E-state index in [2.05, 4.69) is 30.8 Å². The number of carbonyl (C=O) groups excluding carboxylic acids is 4. The fourth-order valence-electron chi connectivity index (χ4n) is 14.5. The van der Waals surface area contributed by atoms with Crippen molar-refractivity contribution in [1.82, 2.24) is 50.3 Å². The van der Waals surface area contributed by atoms with Gasteiger partial charge in [0.15, 0.2) is 0 Å². The molecule has 7 atom stereocenters. The number of thiazole rings is 1. The zero-order chi connectivity index (χ0) is 57.5. The van der Waals surface area contributed by atoms with E-state index in [4.69, 9.17) is 28.9 Å². The highest BCUT2D eigenvalue weighted by atomic mass is 32.1. The van der Waals surface area contributed by atoms with Crippen molar-refractivity contribution in [3.8, 4) is 22.5 Å². The molecule has 2 aliphatic carbocycles. The predicted molar refractivity (Wildman–Crippen MR) is 304 cm³/mol. The number of pyridine rings is 1. The number of hydrogen-bond donors (Lipinski definition) is 3. The molecule has 0 radical (unpaired) electrons. The summed E-state index contributed by atoms with van der Waals surface area (Å²) in [6.07, 6.45) is 3.78. The summed E-state index contributed by atoms with van der Waals surface area (Å²) in [5.41, 5.74) is 6.16. The molecular formula is C60H78F3N11O8S. The molecule has 8 fully saturated rings. The molecule has 6 bridgehead atoms. The van der Waals surface area contributed by atoms with Gasteiger partial charge in [-0.1, -0.05) is 32.8 Å². The molecule has 13 rings (SSSR count). The Morgan fingerprint density at radius 2 is 1.81 bits per heavy atom. The zero-order valence-corrected chi connectivity index (χ0v) is 48.8. The van der Waals surface area contributed by atoms with Crippen molar-refractivity contribution >= 4 is 51.6 Å². The van der Waals surface area contributed by atoms with Crippen LogP contribution in [0.15, 0.2) is 35.8 Å². The van der Waals surface area contributed by atoms with Gasteiger partial charge in [-0.3, -0.25) is 44.3 Å². The van der Waals surface area contributed by atoms with Crippen molar-refractivity contribution in [2.45, 2.75) is 146 Å². The number of likely N-dealkylation sites (tertiary alicyclic amines) is 1. The lowest BCUT2D eigenvalue weighted by Crippen LogP contribution is -2.73. The van der Waals surface area contributed by atoms with Crippen LogP contribution in [0.5, 0.6) is 0 Å². The Hall–Kier alpha value is -5.27. The molecule has 10 heterocycles. The molecule has 3 aromatic heterocycles. The van der Waals surface area contributed by atoms with Crippen LogP contribution < -0.4 is 21.0 Å². The minimum atomic E-state index is -4.62. The first-order valence-corrected chi connectivity index (χ1v) is 31.0. The number of piperazine rings is 1. The number of rotatable bonds is 11. The third-order valence-corrected chi connectivity index (χ3v) is 20.0. The number of alkyl halides is 3. The van der Waals surface area contributed by atoms with Crippen LogP contribution in [0.25, 0.3) is 33.4 Å². The SMILES string of the molecule is CO[C@@H](C)c1ncc(N2CCN3CCOC[C@@H]3C2)cc1-c1c2c3cc(ccc3n1CC(F)(F)F)-c1csc(n1)C[C@H](NC(=O)C(C1CCCC1)N1CCOC3(CN(C(=O)[C@@H]4NC4C4CC4)C3)C1)C(=O)N1CCC[C@H](N1)C(=O)OCC(C)(C)C2. The van der Waals surface area contributed by atoms with Crippen molar-refractivity contribution in [3.63, 3.8) is 0 Å². The van der Waals surface area contributed by atoms with Gasteiger partial charge in [-0.2, -0.15) is 13.2 Å². The highest BCUT2D eigenvalue weighted by Crippen LogP contribution is 2.46. The van der Waals surface area contributed by atoms with Gasteiger partial charge in [-0.05, 0) is 87.5 Å². The number of ether oxygens (including phenoxy) is 4. The Kier molecular flexibility index (Phi) is 15.4. The molecule has 6 saturated heterocycles. The normalized spacial score (nSPS) is 27.9. The summed E-state index contributed by atoms with van der Waals surface area (Å²) in [4.78, 5) is 76.9. The highest BCUT2D eigenvalue weighted by molar-refractivity contribution is 7.10. The van der Waals surface area contributed by atoms with Gasteiger partial charge in [0.2, 0.25) is 11.8 Å². The van der Waals surface area contributed by atoms with Crippen LogP contribution in [0.1, 0.15) is 94.5 Å². The average Bonchev–Trinajstić information content (AvgIpc) is 2.12. The molecule has 1 aromatic carbocycles. The molecule has 7 aliphatic heterocycles. The van der Waals surface area contributed by atoms with Gasteiger partial charge in [0, 0.05) is 98.2 Å². The summed E-state index contributed by atoms with van der Waals surface area (Å²) in [5, 5.41) is 11.1. The molecule has 4 aromatic rings. The number of hydrogen-bond acceptors (Lipinski definition) is 16. The maximum Gasteiger partial charge on any atom is 0.406 e. The minimum Gasteiger partial charge on any atom is -0.464 e. The van der Waals surface area contributed by atoms with E-state index in [-0.39, 0.29) is 55.3 Å². The van der Waals surface area contributed by atoms with Crippen molar-refractivity contribution in [3.05, 3.63) is 52.1 Å². The van der Waals surface area contributed by atoms with Gasteiger partial charge in [0.25, 0.3) is 5.91 Å². The molecule has 83 heavy (non-hydrogen) atoms. The molecule has 2 saturated carbocycles. The average molecular weight is 1170 g/mol. The Balaban J connectivity index is 0.848. The van der Waals surface area contributed by atoms with E-state index < -0.39 is 59.8 Å². The number of aromatic nitrogens is 3. The molecule has 3 N–H and O–H groups in total. The monoisotopic (exact) mass is 1170 g/mol. The Bertz CT molecular complexity index is 3120. The molecule has 3 amide bonds. The molecule has 9 aliphatic rings. The summed E-state index contributed by atoms with van der Waals surface area (Å²) in [7, 11) is 1.56. The lowest BCUT2D eigenvalue weighted by molar-refractivity contribution is -0.197. The summed E-state index contributed by atoms with van der Waals surface area (Å²) in [5.74, 6) is -0.452. The standard InChI is InChI=1S/C60H78F3N11O8S/c1-35(79-4)49-42(23-39(26-64-49)70-17-16-69-18-20-80-28-40(69)27-70)53-43-25-58(2,3)34-81-57(78)44-10-7-15-74(68-44)55(76)45(24-48-65-46(29-83-48)38-13-14-47(41(43)22-38)73(53)33-60(61,62)63)66-54(75)52(37-8-5-6-9-37)71-19-21-82-59(30-71)31-72(32-59)56(77)51-50(67-51)36-11-12-36/h13-14,22-23,26,29,35-37,40,44-45,50-52,67-68H,5-12,15-21,24-25,27-28,30-34H2,1-4H3,(H,66,75)/t35-,40-,44-,45-,50?,51+,52?/m0/s1. The van der Waals surface area contributed by atoms with E-state index in [1.807, 2.05) is 43.2 Å². The van der Waals surface area contributed by atoms with Crippen LogP contribution in [0.3, 0.4) is 0 Å². The van der Waals surface area contributed by atoms with E-state index in [0.717, 1.165) is 44.5 Å². The van der Waals surface area contributed by atoms with Crippen LogP contribution in [0.4, 0.5) is 18.9 Å². The van der Waals surface area contributed by atoms with Crippen LogP contribution in [0, 0.1) is 17.3 Å². The summed E-state index contributed by atoms with van der Waals surface area (Å²) in [6, 6.07) is 5.20. The third kappa shape index (κ3) is 11.7. The summed E-state index contributed by atoms with van der Waals surface area (Å²) >= 11 is 1.34. The number of carbonyl (C=O) groups is 4. The second kappa shape index (κ2) is 22.5. The number of hydrazine groups is 1. The van der Waals surface area contributed by atoms with Crippen molar-refractivity contribution in [2.75, 3.05) is 97.3 Å². The van der Waals surface area contributed by atoms with Gasteiger partial charge in [0.05, 0.1) is 91.7 Å². The molecular weight excluding hydrogens is 1090 g/mol. The lowest BCUT2D eigenvalue weighted by atomic mass is 9.84. The largest absolute Gasteiger partial charge is 0.464 e. The van der Waals surface area contributed by atoms with Gasteiger partial charge in [-0.15, -0.1) is 11.3 Å². The molecule has 1 spiro atoms. The van der Waals surface area contributed by atoms with E-state index in [0.29, 0.717) is 134 Å². The summed E-state index contributed by atoms with van der Waals surface area (Å²) < 4.78 is 71.5. The van der Waals surface area contributed by atoms with Gasteiger partial charge in [-0.25, -0.2) is 10.4 Å². The fraction of sp³-hybridized carbons (Fsp3) is 0.667. The van der Waals surface area contributed by atoms with Crippen LogP contribution in [-0.2, 0) is 57.5 Å². The quantitative estimate of drug-likeness (QED) is 0.126. The highest BCUT2D eigenvalue weighted by Gasteiger charge is 2.58. The Morgan fingerprint density at radius 3 is 2.59 bits per heavy atom. The van der Waals surface area contributed by atoms with Crippen LogP contribution in [-0.4, -0.2) is 198 Å². The topological polar surface area (TPSA) is 198 Å². The number of fused-ring (bicyclic) bond motifs is 7. The minimum absolute atomic E-state index is 0.0432. The van der Waals surface area contributed by atoms with E-state index >= 15 is 22.8 Å². The van der Waals surface area contributed by atoms with Crippen molar-refractivity contribution in [2.24, 2.45) is 17.3 Å². The first kappa shape index (κ1) is 56.8. The van der Waals surface area contributed by atoms with E-state index in [1.54, 1.807) is 25.4 Å². The van der Waals surface area contributed by atoms with E-state index in [9.17, 15) is 9.59 Å². The molecule has 2 unspecified atom stereocenters. The zero-order valence-electron chi connectivity index (χ0n) is 48.0. The lowest BCUT2D eigenvalue weighted by Gasteiger charge is -2.55. The number of cyclic esters (lactones) is 1. The fourth-order valence-corrected chi connectivity index (χ4v) is 15.4. The molecule has 448 valence electrons. The number of anilines is 1. The number of morpholine rings is 2. The van der Waals surface area contributed by atoms with Gasteiger partial charge < -0.3 is 38.6 Å². The summed E-state index contributed by atoms with van der Waals surface area (Å²) in [6.45, 7) is 11.3. The van der Waals surface area contributed by atoms with E-state index in [1.165, 1.54) is 33.8 Å². The maximum absolute atomic E-state index is 15.2. The Labute approximate surface area is 486 Å². The van der Waals surface area contributed by atoms with Crippen molar-refractivity contribution < 1.29 is 51.3 Å². The number of esters is 1. The van der Waals surface area contributed by atoms with Gasteiger partial charge in [0.1, 0.15) is 30.3 Å². The van der Waals surface area contributed by atoms with Crippen LogP contribution >= 0.6 is 11.3 Å². The van der Waals surface area contributed by atoms with Crippen molar-refractivity contribution in [1.29, 1.82) is 0 Å². The number of benzene rings is 1. The van der Waals surface area contributed by atoms with Crippen LogP contribution in [0.2, 0.25) is 0 Å². The second-order valence-electron chi connectivity index (χ2n) is 25.8. The maximum atomic E-state index is 15.2. The molecule has 19 nitrogen and oxygen atoms in total. The first-order valence-electron chi connectivity index (χ1n) is 30.1. The number of methoxy groups -OCH3 is 1. The number of nitrogens with one attached hydrogen (secondary N) is 3. The smallest absolute Gasteiger partial charge is 0.406 e. The number of amides is 3. The predicted octanol–water partition coefficient (Wildman–Crippen LogP) is 5.49. The first-order chi connectivity index (χ1) is 39.9. The second-order valence-corrected chi connectivity index (χ2v) is 26.8. The van der Waals surface area contributed by atoms with Gasteiger partial charge >= 0.3 is 12.1 Å². The third-order valence-electron chi connectivity index (χ3n) is 19.1. The number of nitrogens with zero attached hydrogens (tertiary/aromatic N) is 8. The number of halogens is 3. The Morgan fingerprint density at radius 1 is 0.988 bits per heavy atom.